The van der Waals surface area contributed by atoms with Crippen LogP contribution in [0.4, 0.5) is 4.39 Å². The molecule has 8 heteroatoms. The van der Waals surface area contributed by atoms with Crippen LogP contribution in [0.25, 0.3) is 5.52 Å². The molecule has 0 atom stereocenters. The van der Waals surface area contributed by atoms with Gasteiger partial charge < -0.3 is 0 Å². The van der Waals surface area contributed by atoms with Crippen LogP contribution in [0.5, 0.6) is 0 Å². The van der Waals surface area contributed by atoms with Crippen LogP contribution in [0.15, 0.2) is 53.7 Å². The van der Waals surface area contributed by atoms with Crippen LogP contribution in [-0.2, 0) is 16.6 Å². The highest BCUT2D eigenvalue weighted by molar-refractivity contribution is 7.89. The highest BCUT2D eigenvalue weighted by Crippen LogP contribution is 2.19. The smallest absolute Gasteiger partial charge is 0.240 e. The van der Waals surface area contributed by atoms with Gasteiger partial charge in [-0.05, 0) is 30.3 Å². The van der Waals surface area contributed by atoms with Crippen molar-refractivity contribution in [1.82, 2.24) is 14.3 Å². The second kappa shape index (κ2) is 5.68. The van der Waals surface area contributed by atoms with E-state index in [1.165, 1.54) is 6.07 Å². The number of hydrogen-bond acceptors (Lipinski definition) is 3. The van der Waals surface area contributed by atoms with Crippen molar-refractivity contribution in [3.63, 3.8) is 0 Å². The van der Waals surface area contributed by atoms with Gasteiger partial charge in [0.05, 0.1) is 21.6 Å². The van der Waals surface area contributed by atoms with Crippen LogP contribution < -0.4 is 4.72 Å². The number of aromatic nitrogens is 2. The van der Waals surface area contributed by atoms with E-state index in [9.17, 15) is 12.8 Å². The summed E-state index contributed by atoms with van der Waals surface area (Å²) in [5.74, 6) is -0.664. The first kappa shape index (κ1) is 15.0. The van der Waals surface area contributed by atoms with Gasteiger partial charge in [0.1, 0.15) is 5.82 Å². The van der Waals surface area contributed by atoms with E-state index in [4.69, 9.17) is 11.6 Å². The van der Waals surface area contributed by atoms with Gasteiger partial charge in [-0.3, -0.25) is 0 Å². The Kier molecular flexibility index (Phi) is 3.86. The zero-order chi connectivity index (χ0) is 15.7. The molecule has 0 radical (unpaired) electrons. The molecule has 0 bridgehead atoms. The number of sulfonamides is 1. The zero-order valence-electron chi connectivity index (χ0n) is 11.2. The molecule has 0 saturated carbocycles. The highest BCUT2D eigenvalue weighted by atomic mass is 35.5. The van der Waals surface area contributed by atoms with Gasteiger partial charge in [0.2, 0.25) is 10.0 Å². The molecule has 0 aliphatic carbocycles. The number of nitrogens with zero attached hydrogens (tertiary/aromatic N) is 2. The molecular formula is C14H11ClFN3O2S. The third kappa shape index (κ3) is 2.83. The number of pyridine rings is 1. The third-order valence-electron chi connectivity index (χ3n) is 3.16. The fourth-order valence-corrected chi connectivity index (χ4v) is 3.30. The molecule has 0 aliphatic rings. The summed E-state index contributed by atoms with van der Waals surface area (Å²) in [6.07, 6.45) is 3.36. The molecule has 1 N–H and O–H groups in total. The van der Waals surface area contributed by atoms with E-state index in [0.29, 0.717) is 0 Å². The summed E-state index contributed by atoms with van der Waals surface area (Å²) in [6.45, 7) is 0.0742. The minimum Gasteiger partial charge on any atom is -0.241 e. The first-order valence-electron chi connectivity index (χ1n) is 6.33. The summed E-state index contributed by atoms with van der Waals surface area (Å²) in [7, 11) is -3.78. The minimum absolute atomic E-state index is 0.0742. The van der Waals surface area contributed by atoms with Crippen molar-refractivity contribution < 1.29 is 12.8 Å². The standard InChI is InChI=1S/C14H11ClFN3O2S/c15-12-7-11(4-5-13(12)16)22(20,21)18-9-10-8-17-19-6-2-1-3-14(10)19/h1-8,18H,9H2. The molecular weight excluding hydrogens is 329 g/mol. The first-order valence-corrected chi connectivity index (χ1v) is 8.19. The van der Waals surface area contributed by atoms with Crippen LogP contribution in [0, 0.1) is 5.82 Å². The molecule has 0 fully saturated rings. The Morgan fingerprint density at radius 2 is 2.09 bits per heavy atom. The second-order valence-electron chi connectivity index (χ2n) is 4.60. The Hall–Kier alpha value is -1.96. The molecule has 0 amide bonds. The lowest BCUT2D eigenvalue weighted by Gasteiger charge is -2.07. The van der Waals surface area contributed by atoms with Crippen molar-refractivity contribution in [3.05, 3.63) is 65.2 Å². The quantitative estimate of drug-likeness (QED) is 0.794. The van der Waals surface area contributed by atoms with E-state index in [1.807, 2.05) is 18.2 Å². The molecule has 5 nitrogen and oxygen atoms in total. The Morgan fingerprint density at radius 1 is 1.27 bits per heavy atom. The van der Waals surface area contributed by atoms with E-state index < -0.39 is 15.8 Å². The van der Waals surface area contributed by atoms with E-state index in [1.54, 1.807) is 16.9 Å². The molecule has 3 rings (SSSR count). The van der Waals surface area contributed by atoms with Gasteiger partial charge >= 0.3 is 0 Å². The van der Waals surface area contributed by atoms with Crippen LogP contribution in [-0.4, -0.2) is 18.0 Å². The van der Waals surface area contributed by atoms with E-state index in [2.05, 4.69) is 9.82 Å². The topological polar surface area (TPSA) is 63.5 Å². The summed E-state index contributed by atoms with van der Waals surface area (Å²) in [5, 5.41) is 3.89. The molecule has 1 aromatic carbocycles. The Balaban J connectivity index is 1.84. The highest BCUT2D eigenvalue weighted by Gasteiger charge is 2.16. The molecule has 2 aromatic heterocycles. The summed E-state index contributed by atoms with van der Waals surface area (Å²) >= 11 is 5.62. The molecule has 2 heterocycles. The lowest BCUT2D eigenvalue weighted by atomic mass is 10.3. The van der Waals surface area contributed by atoms with Crippen molar-refractivity contribution in [3.8, 4) is 0 Å². The predicted molar refractivity (Wildman–Crippen MR) is 80.6 cm³/mol. The maximum atomic E-state index is 13.1. The van der Waals surface area contributed by atoms with Crippen molar-refractivity contribution in [2.24, 2.45) is 0 Å². The summed E-state index contributed by atoms with van der Waals surface area (Å²) < 4.78 is 41.6. The normalized spacial score (nSPS) is 11.9. The Labute approximate surface area is 131 Å². The Bertz CT molecular complexity index is 940. The number of halogens is 2. The van der Waals surface area contributed by atoms with Gasteiger partial charge in [-0.25, -0.2) is 22.0 Å². The summed E-state index contributed by atoms with van der Waals surface area (Å²) in [5.41, 5.74) is 1.54. The van der Waals surface area contributed by atoms with Crippen LogP contribution in [0.2, 0.25) is 5.02 Å². The van der Waals surface area contributed by atoms with Crippen LogP contribution >= 0.6 is 11.6 Å². The summed E-state index contributed by atoms with van der Waals surface area (Å²) in [4.78, 5) is -0.0876. The molecule has 0 aliphatic heterocycles. The maximum absolute atomic E-state index is 13.1. The number of nitrogens with one attached hydrogen (secondary N) is 1. The lowest BCUT2D eigenvalue weighted by molar-refractivity contribution is 0.580. The number of benzene rings is 1. The molecule has 22 heavy (non-hydrogen) atoms. The molecule has 0 saturated heterocycles. The maximum Gasteiger partial charge on any atom is 0.240 e. The average Bonchev–Trinajstić information content (AvgIpc) is 2.91. The minimum atomic E-state index is -3.78. The monoisotopic (exact) mass is 339 g/mol. The zero-order valence-corrected chi connectivity index (χ0v) is 12.8. The Morgan fingerprint density at radius 3 is 2.86 bits per heavy atom. The first-order chi connectivity index (χ1) is 10.5. The molecule has 0 spiro atoms. The van der Waals surface area contributed by atoms with Crippen molar-refractivity contribution in [2.75, 3.05) is 0 Å². The predicted octanol–water partition coefficient (Wildman–Crippen LogP) is 2.61. The largest absolute Gasteiger partial charge is 0.241 e. The molecule has 114 valence electrons. The second-order valence-corrected chi connectivity index (χ2v) is 6.77. The van der Waals surface area contributed by atoms with Gasteiger partial charge in [-0.2, -0.15) is 5.10 Å². The van der Waals surface area contributed by atoms with Crippen LogP contribution in [0.1, 0.15) is 5.56 Å². The summed E-state index contributed by atoms with van der Waals surface area (Å²) in [6, 6.07) is 8.77. The molecule has 0 unspecified atom stereocenters. The van der Waals surface area contributed by atoms with Crippen molar-refractivity contribution in [1.29, 1.82) is 0 Å². The van der Waals surface area contributed by atoms with Gasteiger partial charge in [0.25, 0.3) is 0 Å². The number of hydrogen-bond donors (Lipinski definition) is 1. The van der Waals surface area contributed by atoms with Gasteiger partial charge in [-0.1, -0.05) is 17.7 Å². The SMILES string of the molecule is O=S(=O)(NCc1cnn2ccccc12)c1ccc(F)c(Cl)c1. The van der Waals surface area contributed by atoms with E-state index in [0.717, 1.165) is 23.2 Å². The van der Waals surface area contributed by atoms with E-state index in [-0.39, 0.29) is 16.5 Å². The molecule has 3 aromatic rings. The van der Waals surface area contributed by atoms with Gasteiger partial charge in [-0.15, -0.1) is 0 Å². The third-order valence-corrected chi connectivity index (χ3v) is 4.85. The average molecular weight is 340 g/mol. The fraction of sp³-hybridized carbons (Fsp3) is 0.0714. The van der Waals surface area contributed by atoms with Crippen molar-refractivity contribution >= 4 is 27.1 Å². The van der Waals surface area contributed by atoms with Gasteiger partial charge in [0.15, 0.2) is 0 Å². The fourth-order valence-electron chi connectivity index (χ4n) is 2.02. The van der Waals surface area contributed by atoms with Gasteiger partial charge in [0, 0.05) is 18.3 Å². The lowest BCUT2D eigenvalue weighted by Crippen LogP contribution is -2.23. The number of fused-ring (bicyclic) bond motifs is 1. The number of rotatable bonds is 4. The van der Waals surface area contributed by atoms with Crippen molar-refractivity contribution in [2.45, 2.75) is 11.4 Å². The van der Waals surface area contributed by atoms with Crippen LogP contribution in [0.3, 0.4) is 0 Å². The van der Waals surface area contributed by atoms with E-state index >= 15 is 0 Å².